The van der Waals surface area contributed by atoms with Gasteiger partial charge in [0.05, 0.1) is 43.4 Å². The molecule has 0 unspecified atom stereocenters. The molecule has 1 aromatic heterocycles. The average molecular weight is 379 g/mol. The van der Waals surface area contributed by atoms with Crippen LogP contribution in [0.15, 0.2) is 59.5 Å². The van der Waals surface area contributed by atoms with Crippen molar-refractivity contribution in [1.82, 2.24) is 15.2 Å². The highest BCUT2D eigenvalue weighted by atomic mass is 16.5. The first-order chi connectivity index (χ1) is 13.7. The van der Waals surface area contributed by atoms with Crippen LogP contribution < -0.4 is 26.0 Å². The molecule has 0 fully saturated rings. The van der Waals surface area contributed by atoms with Crippen molar-refractivity contribution in [2.24, 2.45) is 10.7 Å². The second-order valence-corrected chi connectivity index (χ2v) is 6.80. The zero-order valence-electron chi connectivity index (χ0n) is 15.9. The van der Waals surface area contributed by atoms with Gasteiger partial charge in [-0.05, 0) is 30.3 Å². The second-order valence-electron chi connectivity index (χ2n) is 6.80. The Labute approximate surface area is 164 Å². The van der Waals surface area contributed by atoms with E-state index >= 15 is 0 Å². The molecule has 146 valence electrons. The molecule has 2 aliphatic heterocycles. The monoisotopic (exact) mass is 379 g/mol. The normalized spacial score (nSPS) is 16.2. The fourth-order valence-electron chi connectivity index (χ4n) is 3.23. The number of nitrogens with one attached hydrogen (secondary N) is 2. The number of aliphatic imine (C=N–C) groups is 1. The van der Waals surface area contributed by atoms with Crippen molar-refractivity contribution in [2.75, 3.05) is 43.6 Å². The maximum absolute atomic E-state index is 6.06. The largest absolute Gasteiger partial charge is 0.490 e. The summed E-state index contributed by atoms with van der Waals surface area (Å²) in [4.78, 5) is 13.1. The molecule has 0 saturated carbocycles. The first-order valence-corrected chi connectivity index (χ1v) is 9.31. The summed E-state index contributed by atoms with van der Waals surface area (Å²) in [6, 6.07) is 11.7. The van der Waals surface area contributed by atoms with Crippen LogP contribution in [-0.2, 0) is 6.54 Å². The van der Waals surface area contributed by atoms with Crippen LogP contribution in [0.3, 0.4) is 0 Å². The maximum Gasteiger partial charge on any atom is 0.193 e. The fourth-order valence-corrected chi connectivity index (χ4v) is 3.23. The van der Waals surface area contributed by atoms with Crippen molar-refractivity contribution in [2.45, 2.75) is 6.54 Å². The highest BCUT2D eigenvalue weighted by molar-refractivity contribution is 5.93. The Morgan fingerprint density at radius 3 is 3.07 bits per heavy atom. The predicted octanol–water partition coefficient (Wildman–Crippen LogP) is 1.54. The molecule has 4 rings (SSSR count). The number of anilines is 2. The summed E-state index contributed by atoms with van der Waals surface area (Å²) < 4.78 is 5.82. The van der Waals surface area contributed by atoms with Crippen molar-refractivity contribution >= 4 is 17.3 Å². The van der Waals surface area contributed by atoms with Crippen LogP contribution in [0.25, 0.3) is 0 Å². The van der Waals surface area contributed by atoms with E-state index in [-0.39, 0.29) is 0 Å². The molecule has 0 atom stereocenters. The van der Waals surface area contributed by atoms with Gasteiger partial charge in [-0.2, -0.15) is 0 Å². The molecule has 0 bridgehead atoms. The Morgan fingerprint density at radius 2 is 2.29 bits per heavy atom. The lowest BCUT2D eigenvalue weighted by Crippen LogP contribution is -2.36. The lowest BCUT2D eigenvalue weighted by atomic mass is 10.2. The van der Waals surface area contributed by atoms with Crippen LogP contribution in [0.2, 0.25) is 0 Å². The Balaban J connectivity index is 1.46. The summed E-state index contributed by atoms with van der Waals surface area (Å²) in [6.45, 7) is 3.63. The Kier molecular flexibility index (Phi) is 5.18. The number of aromatic nitrogens is 1. The van der Waals surface area contributed by atoms with Gasteiger partial charge in [-0.25, -0.2) is 4.99 Å². The van der Waals surface area contributed by atoms with Gasteiger partial charge >= 0.3 is 0 Å². The van der Waals surface area contributed by atoms with Crippen molar-refractivity contribution in [3.8, 4) is 5.75 Å². The third kappa shape index (κ3) is 4.11. The molecule has 28 heavy (non-hydrogen) atoms. The number of benzene rings is 1. The van der Waals surface area contributed by atoms with Gasteiger partial charge in [-0.3, -0.25) is 4.98 Å². The maximum atomic E-state index is 6.06. The van der Waals surface area contributed by atoms with Gasteiger partial charge in [-0.15, -0.1) is 0 Å². The fraction of sp³-hybridized carbons (Fsp3) is 0.300. The van der Waals surface area contributed by atoms with Gasteiger partial charge in [0.15, 0.2) is 5.96 Å². The average Bonchev–Trinajstić information content (AvgIpc) is 3.12. The molecule has 0 radical (unpaired) electrons. The third-order valence-electron chi connectivity index (χ3n) is 4.77. The third-order valence-corrected chi connectivity index (χ3v) is 4.77. The minimum atomic E-state index is 0.358. The van der Waals surface area contributed by atoms with Crippen LogP contribution in [0.4, 0.5) is 11.4 Å². The number of guanidine groups is 1. The first kappa shape index (κ1) is 18.0. The summed E-state index contributed by atoms with van der Waals surface area (Å²) in [6.07, 6.45) is 3.82. The molecule has 0 amide bonds. The van der Waals surface area contributed by atoms with Crippen LogP contribution in [0.1, 0.15) is 5.69 Å². The van der Waals surface area contributed by atoms with E-state index in [9.17, 15) is 0 Å². The number of fused-ring (bicyclic) bond motifs is 1. The number of ether oxygens (including phenoxy) is 1. The smallest absolute Gasteiger partial charge is 0.193 e. The summed E-state index contributed by atoms with van der Waals surface area (Å²) in [5.41, 5.74) is 10.1. The number of rotatable bonds is 5. The minimum absolute atomic E-state index is 0.358. The minimum Gasteiger partial charge on any atom is -0.490 e. The van der Waals surface area contributed by atoms with E-state index in [1.54, 1.807) is 6.20 Å². The number of nitrogens with zero attached hydrogens (tertiary/aromatic N) is 4. The van der Waals surface area contributed by atoms with Gasteiger partial charge in [0, 0.05) is 25.1 Å². The quantitative estimate of drug-likeness (QED) is 0.536. The summed E-state index contributed by atoms with van der Waals surface area (Å²) >= 11 is 0. The predicted molar refractivity (Wildman–Crippen MR) is 111 cm³/mol. The lowest BCUT2D eigenvalue weighted by molar-refractivity contribution is 0.306. The van der Waals surface area contributed by atoms with Crippen LogP contribution in [-0.4, -0.2) is 49.3 Å². The van der Waals surface area contributed by atoms with E-state index in [1.165, 1.54) is 5.70 Å². The van der Waals surface area contributed by atoms with Crippen LogP contribution in [0.5, 0.6) is 5.75 Å². The molecule has 0 spiro atoms. The number of hydrogen-bond acceptors (Lipinski definition) is 6. The Hall–Kier alpha value is -3.42. The molecule has 8 heteroatoms. The Morgan fingerprint density at radius 1 is 1.36 bits per heavy atom. The highest BCUT2D eigenvalue weighted by Gasteiger charge is 2.22. The zero-order chi connectivity index (χ0) is 19.3. The first-order valence-electron chi connectivity index (χ1n) is 9.31. The molecule has 0 saturated heterocycles. The molecule has 2 aliphatic rings. The molecular weight excluding hydrogens is 354 g/mol. The lowest BCUT2D eigenvalue weighted by Gasteiger charge is -2.33. The molecule has 2 aromatic rings. The van der Waals surface area contributed by atoms with Gasteiger partial charge < -0.3 is 30.9 Å². The van der Waals surface area contributed by atoms with Gasteiger partial charge in [0.2, 0.25) is 0 Å². The molecule has 3 heterocycles. The van der Waals surface area contributed by atoms with E-state index in [4.69, 9.17) is 10.5 Å². The summed E-state index contributed by atoms with van der Waals surface area (Å²) in [5.74, 6) is 1.24. The molecule has 1 aromatic carbocycles. The molecule has 8 nitrogen and oxygen atoms in total. The zero-order valence-corrected chi connectivity index (χ0v) is 15.9. The van der Waals surface area contributed by atoms with Gasteiger partial charge in [-0.1, -0.05) is 6.07 Å². The van der Waals surface area contributed by atoms with Gasteiger partial charge in [0.25, 0.3) is 0 Å². The Bertz CT molecular complexity index is 881. The van der Waals surface area contributed by atoms with Crippen LogP contribution in [0, 0.1) is 0 Å². The number of pyridine rings is 1. The topological polar surface area (TPSA) is 91.0 Å². The summed E-state index contributed by atoms with van der Waals surface area (Å²) in [5, 5.41) is 6.42. The molecule has 0 aliphatic carbocycles. The van der Waals surface area contributed by atoms with E-state index in [0.29, 0.717) is 19.1 Å². The molecular formula is C20H25N7O. The van der Waals surface area contributed by atoms with E-state index < -0.39 is 0 Å². The number of nitrogens with two attached hydrogens (primary N) is 1. The van der Waals surface area contributed by atoms with E-state index in [2.05, 4.69) is 49.7 Å². The van der Waals surface area contributed by atoms with Crippen molar-refractivity contribution in [1.29, 1.82) is 0 Å². The summed E-state index contributed by atoms with van der Waals surface area (Å²) in [7, 11) is 2.09. The van der Waals surface area contributed by atoms with Crippen molar-refractivity contribution in [3.63, 3.8) is 0 Å². The van der Waals surface area contributed by atoms with Crippen molar-refractivity contribution in [3.05, 3.63) is 60.2 Å². The van der Waals surface area contributed by atoms with Crippen molar-refractivity contribution < 1.29 is 4.74 Å². The molecule has 4 N–H and O–H groups in total. The van der Waals surface area contributed by atoms with Crippen LogP contribution >= 0.6 is 0 Å². The number of hydrogen-bond donors (Lipinski definition) is 3. The second kappa shape index (κ2) is 8.08. The van der Waals surface area contributed by atoms with Gasteiger partial charge in [0.1, 0.15) is 12.4 Å². The SMILES string of the molecule is CN1CNC=C1CN1CCOc2ccc(NC(N)=NCc3ccccn3)cc21. The van der Waals surface area contributed by atoms with E-state index in [0.717, 1.165) is 42.6 Å². The standard InChI is InChI=1S/C20H25N7O/c1-26-14-22-12-17(26)13-27-8-9-28-19-6-5-15(10-18(19)27)25-20(21)24-11-16-4-2-3-7-23-16/h2-7,10,12,22H,8-9,11,13-14H2,1H3,(H3,21,24,25). The number of likely N-dealkylation sites (N-methyl/N-ethyl adjacent to an activating group) is 1. The highest BCUT2D eigenvalue weighted by Crippen LogP contribution is 2.34. The van der Waals surface area contributed by atoms with E-state index in [1.807, 2.05) is 30.3 Å².